The van der Waals surface area contributed by atoms with Gasteiger partial charge >= 0.3 is 0 Å². The van der Waals surface area contributed by atoms with Crippen LogP contribution in [0.2, 0.25) is 0 Å². The van der Waals surface area contributed by atoms with Crippen LogP contribution in [-0.4, -0.2) is 51.0 Å². The molecule has 2 N–H and O–H groups in total. The summed E-state index contributed by atoms with van der Waals surface area (Å²) in [7, 11) is 0. The normalized spacial score (nSPS) is 24.8. The number of nitrogens with zero attached hydrogens (tertiary/aromatic N) is 1. The van der Waals surface area contributed by atoms with Crippen molar-refractivity contribution in [2.45, 2.75) is 50.7 Å². The molecule has 1 aromatic rings. The average molecular weight is 473 g/mol. The monoisotopic (exact) mass is 473 g/mol. The van der Waals surface area contributed by atoms with Gasteiger partial charge in [-0.15, -0.1) is 24.0 Å². The van der Waals surface area contributed by atoms with E-state index >= 15 is 0 Å². The second kappa shape index (κ2) is 11.8. The minimum Gasteiger partial charge on any atom is -0.379 e. The average Bonchev–Trinajstić information content (AvgIpc) is 3.20. The van der Waals surface area contributed by atoms with Crippen LogP contribution in [0.5, 0.6) is 0 Å². The Bertz CT molecular complexity index is 535. The van der Waals surface area contributed by atoms with Crippen molar-refractivity contribution in [1.29, 1.82) is 0 Å². The maximum atomic E-state index is 5.69. The van der Waals surface area contributed by atoms with Gasteiger partial charge in [-0.3, -0.25) is 4.99 Å². The predicted octanol–water partition coefficient (Wildman–Crippen LogP) is 3.30. The lowest BCUT2D eigenvalue weighted by Crippen LogP contribution is -2.39. The summed E-state index contributed by atoms with van der Waals surface area (Å²) in [5.41, 5.74) is 1.42. The van der Waals surface area contributed by atoms with Crippen molar-refractivity contribution >= 4 is 29.9 Å². The van der Waals surface area contributed by atoms with Crippen molar-refractivity contribution in [2.75, 3.05) is 32.9 Å². The molecule has 0 radical (unpaired) electrons. The highest BCUT2D eigenvalue weighted by Crippen LogP contribution is 2.40. The number of hydrogen-bond acceptors (Lipinski definition) is 3. The molecule has 3 rings (SSSR count). The first-order valence-corrected chi connectivity index (χ1v) is 9.66. The summed E-state index contributed by atoms with van der Waals surface area (Å²) in [6.45, 7) is 6.13. The van der Waals surface area contributed by atoms with Gasteiger partial charge in [0.2, 0.25) is 0 Å². The molecule has 5 nitrogen and oxygen atoms in total. The largest absolute Gasteiger partial charge is 0.379 e. The molecule has 3 atom stereocenters. The molecule has 1 aliphatic heterocycles. The van der Waals surface area contributed by atoms with Crippen LogP contribution in [0.1, 0.15) is 44.1 Å². The molecule has 26 heavy (non-hydrogen) atoms. The highest BCUT2D eigenvalue weighted by atomic mass is 127. The van der Waals surface area contributed by atoms with Gasteiger partial charge in [0.05, 0.1) is 12.7 Å². The zero-order valence-corrected chi connectivity index (χ0v) is 18.0. The van der Waals surface area contributed by atoms with Crippen molar-refractivity contribution in [3.8, 4) is 0 Å². The van der Waals surface area contributed by atoms with Crippen LogP contribution in [0.3, 0.4) is 0 Å². The Morgan fingerprint density at radius 2 is 2.15 bits per heavy atom. The smallest absolute Gasteiger partial charge is 0.191 e. The van der Waals surface area contributed by atoms with Gasteiger partial charge < -0.3 is 20.1 Å². The third-order valence-electron chi connectivity index (χ3n) is 4.73. The van der Waals surface area contributed by atoms with Gasteiger partial charge in [-0.25, -0.2) is 0 Å². The van der Waals surface area contributed by atoms with Gasteiger partial charge in [0, 0.05) is 38.3 Å². The quantitative estimate of drug-likeness (QED) is 0.250. The number of rotatable bonds is 9. The molecule has 1 saturated carbocycles. The molecule has 0 spiro atoms. The first-order valence-electron chi connectivity index (χ1n) is 9.66. The van der Waals surface area contributed by atoms with Crippen LogP contribution in [0.15, 0.2) is 35.3 Å². The number of ether oxygens (including phenoxy) is 2. The van der Waals surface area contributed by atoms with E-state index in [0.717, 1.165) is 51.7 Å². The van der Waals surface area contributed by atoms with E-state index in [9.17, 15) is 0 Å². The molecule has 0 aromatic heterocycles. The van der Waals surface area contributed by atoms with Crippen molar-refractivity contribution in [1.82, 2.24) is 10.6 Å². The Kier molecular flexibility index (Phi) is 9.71. The molecule has 0 amide bonds. The van der Waals surface area contributed by atoms with E-state index in [0.29, 0.717) is 18.1 Å². The van der Waals surface area contributed by atoms with Crippen molar-refractivity contribution in [2.24, 2.45) is 4.99 Å². The lowest BCUT2D eigenvalue weighted by atomic mass is 10.1. The lowest BCUT2D eigenvalue weighted by Gasteiger charge is -2.12. The lowest BCUT2D eigenvalue weighted by molar-refractivity contribution is 0.0171. The van der Waals surface area contributed by atoms with Gasteiger partial charge in [0.1, 0.15) is 0 Å². The summed E-state index contributed by atoms with van der Waals surface area (Å²) >= 11 is 0. The van der Waals surface area contributed by atoms with E-state index in [-0.39, 0.29) is 24.0 Å². The molecule has 1 aliphatic carbocycles. The van der Waals surface area contributed by atoms with E-state index in [1.807, 2.05) is 0 Å². The number of nitrogens with one attached hydrogen (secondary N) is 2. The Balaban J connectivity index is 0.00000243. The second-order valence-corrected chi connectivity index (χ2v) is 6.83. The fraction of sp³-hybridized carbons (Fsp3) is 0.650. The third kappa shape index (κ3) is 7.04. The highest BCUT2D eigenvalue weighted by molar-refractivity contribution is 14.0. The first kappa shape index (κ1) is 21.4. The highest BCUT2D eigenvalue weighted by Gasteiger charge is 2.38. The number of guanidine groups is 1. The number of hydrogen-bond donors (Lipinski definition) is 2. The summed E-state index contributed by atoms with van der Waals surface area (Å²) in [4.78, 5) is 4.67. The van der Waals surface area contributed by atoms with Gasteiger partial charge in [-0.1, -0.05) is 30.3 Å². The van der Waals surface area contributed by atoms with Gasteiger partial charge in [-0.2, -0.15) is 0 Å². The Labute approximate surface area is 174 Å². The second-order valence-electron chi connectivity index (χ2n) is 6.83. The van der Waals surface area contributed by atoms with Crippen molar-refractivity contribution < 1.29 is 9.47 Å². The van der Waals surface area contributed by atoms with Crippen LogP contribution in [-0.2, 0) is 9.47 Å². The summed E-state index contributed by atoms with van der Waals surface area (Å²) in [6.07, 6.45) is 4.74. The van der Waals surface area contributed by atoms with E-state index in [4.69, 9.17) is 9.47 Å². The standard InChI is InChI=1S/C20H31N3O2.HI/c1-2-21-20(22-11-7-12-24-15-17-10-6-13-25-17)23-19-14-18(19)16-8-4-3-5-9-16;/h3-5,8-9,17-19H,2,6-7,10-15H2,1H3,(H2,21,22,23);1H. The Morgan fingerprint density at radius 1 is 1.31 bits per heavy atom. The molecule has 1 heterocycles. The third-order valence-corrected chi connectivity index (χ3v) is 4.73. The van der Waals surface area contributed by atoms with E-state index in [1.165, 1.54) is 18.4 Å². The first-order chi connectivity index (χ1) is 12.4. The molecule has 3 unspecified atom stereocenters. The Hall–Kier alpha value is -0.860. The molecule has 0 bridgehead atoms. The van der Waals surface area contributed by atoms with Crippen LogP contribution in [0.4, 0.5) is 0 Å². The maximum absolute atomic E-state index is 5.69. The van der Waals surface area contributed by atoms with Crippen LogP contribution in [0, 0.1) is 0 Å². The molecular weight excluding hydrogens is 441 g/mol. The minimum atomic E-state index is 0. The van der Waals surface area contributed by atoms with Crippen molar-refractivity contribution in [3.05, 3.63) is 35.9 Å². The summed E-state index contributed by atoms with van der Waals surface area (Å²) in [5, 5.41) is 6.89. The molecule has 6 heteroatoms. The summed E-state index contributed by atoms with van der Waals surface area (Å²) < 4.78 is 11.2. The predicted molar refractivity (Wildman–Crippen MR) is 117 cm³/mol. The number of aliphatic imine (C=N–C) groups is 1. The van der Waals surface area contributed by atoms with E-state index < -0.39 is 0 Å². The van der Waals surface area contributed by atoms with Gasteiger partial charge in [0.15, 0.2) is 5.96 Å². The molecule has 2 aliphatic rings. The summed E-state index contributed by atoms with van der Waals surface area (Å²) in [6, 6.07) is 11.2. The topological polar surface area (TPSA) is 54.9 Å². The van der Waals surface area contributed by atoms with Crippen molar-refractivity contribution in [3.63, 3.8) is 0 Å². The zero-order valence-electron chi connectivity index (χ0n) is 15.7. The maximum Gasteiger partial charge on any atom is 0.191 e. The van der Waals surface area contributed by atoms with E-state index in [2.05, 4.69) is 52.9 Å². The van der Waals surface area contributed by atoms with E-state index in [1.54, 1.807) is 0 Å². The van der Waals surface area contributed by atoms with Crippen LogP contribution < -0.4 is 10.6 Å². The molecule has 2 fully saturated rings. The number of halogens is 1. The zero-order chi connectivity index (χ0) is 17.3. The van der Waals surface area contributed by atoms with Gasteiger partial charge in [0.25, 0.3) is 0 Å². The molecular formula is C20H32IN3O2. The fourth-order valence-corrected chi connectivity index (χ4v) is 3.27. The SMILES string of the molecule is CCNC(=NCCCOCC1CCCO1)NC1CC1c1ccccc1.I. The fourth-order valence-electron chi connectivity index (χ4n) is 3.27. The molecule has 1 aromatic carbocycles. The van der Waals surface area contributed by atoms with Gasteiger partial charge in [-0.05, 0) is 38.2 Å². The molecule has 1 saturated heterocycles. The minimum absolute atomic E-state index is 0. The molecule has 146 valence electrons. The summed E-state index contributed by atoms with van der Waals surface area (Å²) in [5.74, 6) is 1.53. The van der Waals surface area contributed by atoms with Crippen LogP contribution in [0.25, 0.3) is 0 Å². The van der Waals surface area contributed by atoms with Crippen LogP contribution >= 0.6 is 24.0 Å². The Morgan fingerprint density at radius 3 is 2.88 bits per heavy atom. The number of benzene rings is 1.